The van der Waals surface area contributed by atoms with Crippen molar-refractivity contribution >= 4 is 33.2 Å². The zero-order chi connectivity index (χ0) is 15.0. The molecule has 1 heterocycles. The summed E-state index contributed by atoms with van der Waals surface area (Å²) in [7, 11) is 0. The summed E-state index contributed by atoms with van der Waals surface area (Å²) in [6.45, 7) is 0. The predicted molar refractivity (Wildman–Crippen MR) is 82.3 cm³/mol. The fourth-order valence-corrected chi connectivity index (χ4v) is 2.44. The molecule has 0 fully saturated rings. The second-order valence-corrected chi connectivity index (χ2v) is 5.55. The van der Waals surface area contributed by atoms with E-state index in [1.54, 1.807) is 24.3 Å². The van der Waals surface area contributed by atoms with E-state index in [4.69, 9.17) is 21.9 Å². The number of hydrogen-bond donors (Lipinski definition) is 1. The monoisotopic (exact) mass is 367 g/mol. The smallest absolute Gasteiger partial charge is 0.258 e. The van der Waals surface area contributed by atoms with Crippen LogP contribution < -0.4 is 5.73 Å². The van der Waals surface area contributed by atoms with Gasteiger partial charge in [-0.2, -0.15) is 4.98 Å². The first-order chi connectivity index (χ1) is 10.0. The third-order valence-corrected chi connectivity index (χ3v) is 3.84. The van der Waals surface area contributed by atoms with Crippen LogP contribution >= 0.6 is 27.5 Å². The normalized spacial score (nSPS) is 10.8. The molecule has 0 bridgehead atoms. The molecule has 4 nitrogen and oxygen atoms in total. The van der Waals surface area contributed by atoms with E-state index in [0.717, 1.165) is 0 Å². The van der Waals surface area contributed by atoms with E-state index in [2.05, 4.69) is 26.1 Å². The lowest BCUT2D eigenvalue weighted by atomic mass is 10.2. The average molecular weight is 369 g/mol. The number of hydrogen-bond acceptors (Lipinski definition) is 4. The number of rotatable bonds is 2. The van der Waals surface area contributed by atoms with E-state index in [9.17, 15) is 4.39 Å². The number of halogens is 3. The summed E-state index contributed by atoms with van der Waals surface area (Å²) in [6, 6.07) is 9.28. The largest absolute Gasteiger partial charge is 0.398 e. The summed E-state index contributed by atoms with van der Waals surface area (Å²) in [5.74, 6) is 0.315. The summed E-state index contributed by atoms with van der Waals surface area (Å²) in [5.41, 5.74) is 7.47. The van der Waals surface area contributed by atoms with Gasteiger partial charge in [-0.05, 0) is 52.3 Å². The third kappa shape index (κ3) is 2.77. The first-order valence-electron chi connectivity index (χ1n) is 5.89. The minimum absolute atomic E-state index is 0.310. The predicted octanol–water partition coefficient (Wildman–Crippen LogP) is 4.54. The average Bonchev–Trinajstić information content (AvgIpc) is 2.91. The SMILES string of the molecule is Nc1cc(-c2nc(-c3ccc(F)cc3Br)no2)ccc1Cl. The van der Waals surface area contributed by atoms with Gasteiger partial charge >= 0.3 is 0 Å². The van der Waals surface area contributed by atoms with Crippen LogP contribution in [0.5, 0.6) is 0 Å². The van der Waals surface area contributed by atoms with Crippen LogP contribution in [0.4, 0.5) is 10.1 Å². The quantitative estimate of drug-likeness (QED) is 0.674. The zero-order valence-electron chi connectivity index (χ0n) is 10.5. The van der Waals surface area contributed by atoms with Crippen LogP contribution in [-0.4, -0.2) is 10.1 Å². The van der Waals surface area contributed by atoms with Crippen molar-refractivity contribution in [3.05, 3.63) is 51.7 Å². The summed E-state index contributed by atoms with van der Waals surface area (Å²) in [5, 5.41) is 4.35. The molecule has 0 spiro atoms. The van der Waals surface area contributed by atoms with Crippen molar-refractivity contribution in [2.45, 2.75) is 0 Å². The fourth-order valence-electron chi connectivity index (χ4n) is 1.80. The molecular formula is C14H8BrClFN3O. The van der Waals surface area contributed by atoms with Crippen LogP contribution in [-0.2, 0) is 0 Å². The van der Waals surface area contributed by atoms with E-state index >= 15 is 0 Å². The second-order valence-electron chi connectivity index (χ2n) is 4.28. The van der Waals surface area contributed by atoms with E-state index < -0.39 is 0 Å². The molecule has 1 aromatic heterocycles. The molecule has 2 aromatic carbocycles. The Morgan fingerprint density at radius 1 is 1.19 bits per heavy atom. The molecule has 0 radical (unpaired) electrons. The van der Waals surface area contributed by atoms with Gasteiger partial charge in [0, 0.05) is 15.6 Å². The third-order valence-electron chi connectivity index (χ3n) is 2.84. The topological polar surface area (TPSA) is 64.9 Å². The van der Waals surface area contributed by atoms with Crippen LogP contribution in [0.2, 0.25) is 5.02 Å². The lowest BCUT2D eigenvalue weighted by Crippen LogP contribution is -1.88. The van der Waals surface area contributed by atoms with Gasteiger partial charge < -0.3 is 10.3 Å². The minimum atomic E-state index is -0.347. The standard InChI is InChI=1S/C14H8BrClFN3O/c15-10-6-8(17)2-3-9(10)13-19-14(21-20-13)7-1-4-11(16)12(18)5-7/h1-6H,18H2. The highest BCUT2D eigenvalue weighted by Gasteiger charge is 2.14. The Bertz CT molecular complexity index is 822. The van der Waals surface area contributed by atoms with Crippen molar-refractivity contribution < 1.29 is 8.91 Å². The maximum absolute atomic E-state index is 13.1. The summed E-state index contributed by atoms with van der Waals surface area (Å²) in [4.78, 5) is 4.28. The van der Waals surface area contributed by atoms with Crippen molar-refractivity contribution in [3.63, 3.8) is 0 Å². The van der Waals surface area contributed by atoms with Crippen molar-refractivity contribution in [2.24, 2.45) is 0 Å². The van der Waals surface area contributed by atoms with Crippen molar-refractivity contribution in [2.75, 3.05) is 5.73 Å². The van der Waals surface area contributed by atoms with E-state index in [1.165, 1.54) is 12.1 Å². The lowest BCUT2D eigenvalue weighted by molar-refractivity contribution is 0.432. The van der Waals surface area contributed by atoms with Gasteiger partial charge in [0.15, 0.2) is 0 Å². The fraction of sp³-hybridized carbons (Fsp3) is 0. The molecule has 3 rings (SSSR count). The van der Waals surface area contributed by atoms with Gasteiger partial charge in [-0.1, -0.05) is 16.8 Å². The van der Waals surface area contributed by atoms with E-state index in [-0.39, 0.29) is 5.82 Å². The summed E-state index contributed by atoms with van der Waals surface area (Å²) < 4.78 is 18.9. The van der Waals surface area contributed by atoms with Gasteiger partial charge in [0.25, 0.3) is 5.89 Å². The summed E-state index contributed by atoms with van der Waals surface area (Å²) in [6.07, 6.45) is 0. The second kappa shape index (κ2) is 5.46. The Morgan fingerprint density at radius 3 is 2.71 bits per heavy atom. The highest BCUT2D eigenvalue weighted by Crippen LogP contribution is 2.30. The molecule has 0 amide bonds. The minimum Gasteiger partial charge on any atom is -0.398 e. The summed E-state index contributed by atoms with van der Waals surface area (Å²) >= 11 is 9.14. The molecule has 0 aliphatic rings. The van der Waals surface area contributed by atoms with Crippen molar-refractivity contribution in [1.82, 2.24) is 10.1 Å². The van der Waals surface area contributed by atoms with E-state index in [1.807, 2.05) is 0 Å². The van der Waals surface area contributed by atoms with Gasteiger partial charge in [0.2, 0.25) is 5.82 Å². The number of benzene rings is 2. The Balaban J connectivity index is 2.01. The number of nitrogens with zero attached hydrogens (tertiary/aromatic N) is 2. The molecule has 3 aromatic rings. The van der Waals surface area contributed by atoms with Crippen LogP contribution in [0.25, 0.3) is 22.8 Å². The van der Waals surface area contributed by atoms with Gasteiger partial charge in [0.1, 0.15) is 5.82 Å². The molecule has 0 aliphatic heterocycles. The first-order valence-corrected chi connectivity index (χ1v) is 7.06. The molecule has 0 saturated heterocycles. The molecule has 0 aliphatic carbocycles. The molecule has 0 saturated carbocycles. The number of aromatic nitrogens is 2. The Kier molecular flexibility index (Phi) is 3.65. The molecule has 0 unspecified atom stereocenters. The van der Waals surface area contributed by atoms with Crippen LogP contribution in [0.3, 0.4) is 0 Å². The number of nitrogen functional groups attached to an aromatic ring is 1. The van der Waals surface area contributed by atoms with Gasteiger partial charge in [-0.15, -0.1) is 0 Å². The highest BCUT2D eigenvalue weighted by atomic mass is 79.9. The molecule has 106 valence electrons. The first kappa shape index (κ1) is 14.0. The Morgan fingerprint density at radius 2 is 2.00 bits per heavy atom. The van der Waals surface area contributed by atoms with E-state index in [0.29, 0.717) is 38.0 Å². The van der Waals surface area contributed by atoms with Gasteiger partial charge in [-0.25, -0.2) is 4.39 Å². The number of anilines is 1. The van der Waals surface area contributed by atoms with Crippen LogP contribution in [0.15, 0.2) is 45.4 Å². The lowest BCUT2D eigenvalue weighted by Gasteiger charge is -1.99. The molecule has 21 heavy (non-hydrogen) atoms. The highest BCUT2D eigenvalue weighted by molar-refractivity contribution is 9.10. The van der Waals surface area contributed by atoms with Crippen molar-refractivity contribution in [1.29, 1.82) is 0 Å². The van der Waals surface area contributed by atoms with Gasteiger partial charge in [-0.3, -0.25) is 0 Å². The number of nitrogens with two attached hydrogens (primary N) is 1. The molecule has 0 atom stereocenters. The maximum atomic E-state index is 13.1. The Labute approximate surface area is 132 Å². The maximum Gasteiger partial charge on any atom is 0.258 e. The molecule has 7 heteroatoms. The van der Waals surface area contributed by atoms with Crippen molar-refractivity contribution in [3.8, 4) is 22.8 Å². The van der Waals surface area contributed by atoms with Crippen LogP contribution in [0.1, 0.15) is 0 Å². The molecule has 2 N–H and O–H groups in total. The zero-order valence-corrected chi connectivity index (χ0v) is 12.8. The van der Waals surface area contributed by atoms with Gasteiger partial charge in [0.05, 0.1) is 10.7 Å². The Hall–Kier alpha value is -1.92. The van der Waals surface area contributed by atoms with Crippen LogP contribution in [0, 0.1) is 5.82 Å². The molecular weight excluding hydrogens is 361 g/mol.